The lowest BCUT2D eigenvalue weighted by Crippen LogP contribution is -2.50. The molecule has 0 spiro atoms. The van der Waals surface area contributed by atoms with E-state index in [1.807, 2.05) is 24.3 Å². The molecule has 4 saturated carbocycles. The van der Waals surface area contributed by atoms with E-state index in [-0.39, 0.29) is 5.41 Å². The lowest BCUT2D eigenvalue weighted by molar-refractivity contribution is -0.0353. The quantitative estimate of drug-likeness (QED) is 0.647. The molecule has 0 saturated heterocycles. The van der Waals surface area contributed by atoms with E-state index < -0.39 is 0 Å². The summed E-state index contributed by atoms with van der Waals surface area (Å²) >= 11 is 0. The van der Waals surface area contributed by atoms with E-state index in [1.54, 1.807) is 0 Å². The summed E-state index contributed by atoms with van der Waals surface area (Å²) in [7, 11) is 0. The summed E-state index contributed by atoms with van der Waals surface area (Å²) in [6, 6.07) is 7.54. The van der Waals surface area contributed by atoms with Gasteiger partial charge in [0.25, 0.3) is 0 Å². The highest BCUT2D eigenvalue weighted by Gasteiger charge is 2.54. The Balaban J connectivity index is 1.68. The summed E-state index contributed by atoms with van der Waals surface area (Å²) in [6.45, 7) is 0. The molecule has 5 rings (SSSR count). The van der Waals surface area contributed by atoms with Crippen LogP contribution in [0.25, 0.3) is 0 Å². The molecule has 0 radical (unpaired) electrons. The topological polar surface area (TPSA) is 43.1 Å². The maximum absolute atomic E-state index is 13.0. The highest BCUT2D eigenvalue weighted by molar-refractivity contribution is 6.01. The van der Waals surface area contributed by atoms with Gasteiger partial charge in [-0.15, -0.1) is 0 Å². The van der Waals surface area contributed by atoms with Crippen molar-refractivity contribution in [3.8, 4) is 0 Å². The van der Waals surface area contributed by atoms with Gasteiger partial charge >= 0.3 is 0 Å². The fraction of sp³-hybridized carbons (Fsp3) is 0.588. The third-order valence-electron chi connectivity index (χ3n) is 5.69. The molecule has 2 heteroatoms. The molecule has 4 bridgehead atoms. The van der Waals surface area contributed by atoms with Crippen LogP contribution in [-0.2, 0) is 0 Å². The zero-order valence-electron chi connectivity index (χ0n) is 11.3. The van der Waals surface area contributed by atoms with Gasteiger partial charge in [0.15, 0.2) is 5.78 Å². The van der Waals surface area contributed by atoms with Gasteiger partial charge in [-0.2, -0.15) is 0 Å². The normalized spacial score (nSPS) is 39.5. The van der Waals surface area contributed by atoms with E-state index in [0.717, 1.165) is 48.3 Å². The zero-order chi connectivity index (χ0) is 13.0. The van der Waals surface area contributed by atoms with Crippen LogP contribution in [0.15, 0.2) is 24.3 Å². The predicted octanol–water partition coefficient (Wildman–Crippen LogP) is 3.67. The molecule has 0 unspecified atom stereocenters. The first-order chi connectivity index (χ1) is 9.14. The predicted molar refractivity (Wildman–Crippen MR) is 75.8 cm³/mol. The number of ketones is 1. The van der Waals surface area contributed by atoms with Crippen molar-refractivity contribution in [2.45, 2.75) is 38.5 Å². The molecule has 1 aromatic rings. The molecule has 0 heterocycles. The van der Waals surface area contributed by atoms with Crippen molar-refractivity contribution in [3.05, 3.63) is 29.8 Å². The SMILES string of the molecule is Nc1ccc(C(=O)C23CC4CC(CC(C4)C2)C3)cc1. The van der Waals surface area contributed by atoms with Gasteiger partial charge in [-0.25, -0.2) is 0 Å². The molecule has 4 fully saturated rings. The number of hydrogen-bond acceptors (Lipinski definition) is 2. The lowest BCUT2D eigenvalue weighted by atomic mass is 9.48. The highest BCUT2D eigenvalue weighted by atomic mass is 16.1. The smallest absolute Gasteiger partial charge is 0.169 e. The summed E-state index contributed by atoms with van der Waals surface area (Å²) in [4.78, 5) is 13.0. The van der Waals surface area contributed by atoms with Crippen LogP contribution in [0.2, 0.25) is 0 Å². The van der Waals surface area contributed by atoms with Crippen molar-refractivity contribution in [1.29, 1.82) is 0 Å². The minimum absolute atomic E-state index is 0.0230. The molecule has 0 aliphatic heterocycles. The Hall–Kier alpha value is -1.31. The van der Waals surface area contributed by atoms with Crippen LogP contribution in [0.5, 0.6) is 0 Å². The third-order valence-corrected chi connectivity index (χ3v) is 5.69. The lowest BCUT2D eigenvalue weighted by Gasteiger charge is -2.56. The van der Waals surface area contributed by atoms with Crippen LogP contribution in [0.4, 0.5) is 5.69 Å². The van der Waals surface area contributed by atoms with E-state index in [2.05, 4.69) is 0 Å². The number of nitrogen functional groups attached to an aromatic ring is 1. The van der Waals surface area contributed by atoms with Gasteiger partial charge in [0.05, 0.1) is 0 Å². The monoisotopic (exact) mass is 255 g/mol. The number of hydrogen-bond donors (Lipinski definition) is 1. The van der Waals surface area contributed by atoms with Crippen LogP contribution < -0.4 is 5.73 Å². The Bertz CT molecular complexity index is 481. The van der Waals surface area contributed by atoms with Crippen molar-refractivity contribution in [2.75, 3.05) is 5.73 Å². The molecule has 0 atom stereocenters. The van der Waals surface area contributed by atoms with Gasteiger partial charge in [-0.05, 0) is 80.5 Å². The number of Topliss-reactive ketones (excluding diaryl/α,β-unsaturated/α-hetero) is 1. The van der Waals surface area contributed by atoms with E-state index in [4.69, 9.17) is 5.73 Å². The van der Waals surface area contributed by atoms with Crippen LogP contribution >= 0.6 is 0 Å². The van der Waals surface area contributed by atoms with Crippen molar-refractivity contribution in [2.24, 2.45) is 23.2 Å². The van der Waals surface area contributed by atoms with Crippen molar-refractivity contribution in [1.82, 2.24) is 0 Å². The van der Waals surface area contributed by atoms with E-state index in [9.17, 15) is 4.79 Å². The first-order valence-corrected chi connectivity index (χ1v) is 7.55. The fourth-order valence-electron chi connectivity index (χ4n) is 5.33. The number of nitrogens with two attached hydrogens (primary N) is 1. The third kappa shape index (κ3) is 1.73. The molecule has 0 amide bonds. The maximum atomic E-state index is 13.0. The number of anilines is 1. The zero-order valence-corrected chi connectivity index (χ0v) is 11.3. The molecular weight excluding hydrogens is 234 g/mol. The maximum Gasteiger partial charge on any atom is 0.169 e. The van der Waals surface area contributed by atoms with Crippen molar-refractivity contribution < 1.29 is 4.79 Å². The van der Waals surface area contributed by atoms with Crippen LogP contribution in [0, 0.1) is 23.2 Å². The summed E-state index contributed by atoms with van der Waals surface area (Å²) in [5.74, 6) is 2.86. The highest BCUT2D eigenvalue weighted by Crippen LogP contribution is 2.60. The molecule has 1 aromatic carbocycles. The molecule has 2 nitrogen and oxygen atoms in total. The van der Waals surface area contributed by atoms with Gasteiger partial charge in [-0.1, -0.05) is 0 Å². The van der Waals surface area contributed by atoms with Crippen molar-refractivity contribution >= 4 is 11.5 Å². The second-order valence-corrected chi connectivity index (χ2v) is 7.15. The van der Waals surface area contributed by atoms with Gasteiger partial charge in [0, 0.05) is 16.7 Å². The number of rotatable bonds is 2. The van der Waals surface area contributed by atoms with Gasteiger partial charge in [0.1, 0.15) is 0 Å². The summed E-state index contributed by atoms with van der Waals surface area (Å²) < 4.78 is 0. The molecule has 4 aliphatic carbocycles. The number of carbonyl (C=O) groups excluding carboxylic acids is 1. The Kier molecular flexibility index (Phi) is 2.33. The first-order valence-electron chi connectivity index (χ1n) is 7.55. The van der Waals surface area contributed by atoms with Crippen LogP contribution in [0.1, 0.15) is 48.9 Å². The largest absolute Gasteiger partial charge is 0.399 e. The minimum Gasteiger partial charge on any atom is -0.399 e. The minimum atomic E-state index is -0.0230. The second kappa shape index (κ2) is 3.84. The Morgan fingerprint density at radius 1 is 0.947 bits per heavy atom. The van der Waals surface area contributed by atoms with Crippen LogP contribution in [-0.4, -0.2) is 5.78 Å². The molecule has 100 valence electrons. The summed E-state index contributed by atoms with van der Waals surface area (Å²) in [5, 5.41) is 0. The Labute approximate surface area is 114 Å². The second-order valence-electron chi connectivity index (χ2n) is 7.15. The molecule has 19 heavy (non-hydrogen) atoms. The van der Waals surface area contributed by atoms with Gasteiger partial charge in [0.2, 0.25) is 0 Å². The van der Waals surface area contributed by atoms with E-state index >= 15 is 0 Å². The molecule has 2 N–H and O–H groups in total. The first kappa shape index (κ1) is 11.5. The average Bonchev–Trinajstić information content (AvgIpc) is 2.37. The molecular formula is C17H21NO. The Morgan fingerprint density at radius 2 is 1.42 bits per heavy atom. The average molecular weight is 255 g/mol. The van der Waals surface area contributed by atoms with Crippen molar-refractivity contribution in [3.63, 3.8) is 0 Å². The standard InChI is InChI=1S/C17H21NO/c18-15-3-1-14(2-4-15)16(19)17-8-11-5-12(9-17)7-13(6-11)10-17/h1-4,11-13H,5-10,18H2. The van der Waals surface area contributed by atoms with E-state index in [0.29, 0.717) is 5.78 Å². The summed E-state index contributed by atoms with van der Waals surface area (Å²) in [6.07, 6.45) is 7.57. The fourth-order valence-corrected chi connectivity index (χ4v) is 5.33. The van der Waals surface area contributed by atoms with E-state index in [1.165, 1.54) is 19.3 Å². The molecule has 0 aromatic heterocycles. The molecule has 4 aliphatic rings. The van der Waals surface area contributed by atoms with Crippen LogP contribution in [0.3, 0.4) is 0 Å². The van der Waals surface area contributed by atoms with Gasteiger partial charge in [-0.3, -0.25) is 4.79 Å². The summed E-state index contributed by atoms with van der Waals surface area (Å²) in [5.41, 5.74) is 7.31. The Morgan fingerprint density at radius 3 is 1.89 bits per heavy atom. The van der Waals surface area contributed by atoms with Gasteiger partial charge < -0.3 is 5.73 Å². The number of carbonyl (C=O) groups is 1. The number of benzene rings is 1.